The topological polar surface area (TPSA) is 89.9 Å². The second-order valence-electron chi connectivity index (χ2n) is 5.86. The van der Waals surface area contributed by atoms with Crippen LogP contribution in [0, 0.1) is 0 Å². The number of amides is 1. The molecule has 0 spiro atoms. The van der Waals surface area contributed by atoms with Gasteiger partial charge in [0.2, 0.25) is 5.91 Å². The molecule has 25 heavy (non-hydrogen) atoms. The number of carbonyl (C=O) groups excluding carboxylic acids is 1. The molecule has 1 saturated heterocycles. The molecule has 2 aromatic heterocycles. The molecule has 126 valence electrons. The predicted octanol–water partition coefficient (Wildman–Crippen LogP) is 2.30. The van der Waals surface area contributed by atoms with Gasteiger partial charge in [0.25, 0.3) is 0 Å². The molecule has 4 rings (SSSR count). The second kappa shape index (κ2) is 5.86. The van der Waals surface area contributed by atoms with Gasteiger partial charge < -0.3 is 10.6 Å². The maximum Gasteiger partial charge on any atom is 0.246 e. The number of nitrogens with zero attached hydrogens (tertiary/aromatic N) is 5. The highest BCUT2D eigenvalue weighted by molar-refractivity contribution is 6.30. The van der Waals surface area contributed by atoms with Gasteiger partial charge in [0.05, 0.1) is 11.4 Å². The van der Waals surface area contributed by atoms with Crippen molar-refractivity contribution >= 4 is 34.4 Å². The van der Waals surface area contributed by atoms with E-state index >= 15 is 0 Å². The van der Waals surface area contributed by atoms with Gasteiger partial charge in [-0.3, -0.25) is 4.79 Å². The highest BCUT2D eigenvalue weighted by Crippen LogP contribution is 2.34. The van der Waals surface area contributed by atoms with Crippen LogP contribution in [0.25, 0.3) is 22.3 Å². The van der Waals surface area contributed by atoms with Crippen molar-refractivity contribution in [3.8, 4) is 11.3 Å². The number of benzene rings is 1. The zero-order valence-corrected chi connectivity index (χ0v) is 14.0. The summed E-state index contributed by atoms with van der Waals surface area (Å²) in [6.45, 7) is 4.63. The van der Waals surface area contributed by atoms with Crippen molar-refractivity contribution in [2.75, 3.05) is 18.8 Å². The minimum atomic E-state index is -0.0835. The molecule has 7 nitrogen and oxygen atoms in total. The lowest BCUT2D eigenvalue weighted by molar-refractivity contribution is -0.131. The van der Waals surface area contributed by atoms with Crippen LogP contribution in [0.5, 0.6) is 0 Å². The first-order valence-electron chi connectivity index (χ1n) is 7.74. The molecule has 1 amide bonds. The molecule has 1 aliphatic rings. The predicted molar refractivity (Wildman–Crippen MR) is 96.0 cm³/mol. The summed E-state index contributed by atoms with van der Waals surface area (Å²) in [6.07, 6.45) is 2.74. The summed E-state index contributed by atoms with van der Waals surface area (Å²) in [4.78, 5) is 21.8. The van der Waals surface area contributed by atoms with Crippen molar-refractivity contribution in [2.24, 2.45) is 0 Å². The molecule has 1 aliphatic heterocycles. The van der Waals surface area contributed by atoms with Gasteiger partial charge >= 0.3 is 0 Å². The summed E-state index contributed by atoms with van der Waals surface area (Å²) >= 11 is 5.97. The summed E-state index contributed by atoms with van der Waals surface area (Å²) in [5.41, 5.74) is 8.34. The molecule has 2 N–H and O–H groups in total. The summed E-state index contributed by atoms with van der Waals surface area (Å²) in [5.74, 6) is 0.291. The fourth-order valence-corrected chi connectivity index (χ4v) is 3.10. The number of likely N-dealkylation sites (tertiary alicyclic amines) is 1. The number of anilines is 1. The molecular weight excluding hydrogens is 340 g/mol. The van der Waals surface area contributed by atoms with Gasteiger partial charge in [0.15, 0.2) is 5.65 Å². The number of aromatic nitrogens is 4. The maximum absolute atomic E-state index is 11.7. The van der Waals surface area contributed by atoms with Crippen LogP contribution in [0.2, 0.25) is 5.02 Å². The first-order valence-corrected chi connectivity index (χ1v) is 8.12. The molecule has 0 radical (unpaired) electrons. The minimum Gasteiger partial charge on any atom is -0.383 e. The Morgan fingerprint density at radius 3 is 2.68 bits per heavy atom. The smallest absolute Gasteiger partial charge is 0.246 e. The molecule has 0 atom stereocenters. The Morgan fingerprint density at radius 2 is 2.00 bits per heavy atom. The van der Waals surface area contributed by atoms with Crippen LogP contribution in [0.15, 0.2) is 43.2 Å². The normalized spacial score (nSPS) is 14.5. The van der Waals surface area contributed by atoms with Crippen LogP contribution in [-0.4, -0.2) is 43.6 Å². The molecular formula is C17H15ClN6O. The molecule has 0 aliphatic carbocycles. The van der Waals surface area contributed by atoms with E-state index in [0.717, 1.165) is 5.56 Å². The maximum atomic E-state index is 11.7. The van der Waals surface area contributed by atoms with Crippen molar-refractivity contribution in [3.05, 3.63) is 48.3 Å². The Labute approximate surface area is 148 Å². The molecule has 3 aromatic rings. The van der Waals surface area contributed by atoms with Gasteiger partial charge in [-0.1, -0.05) is 30.3 Å². The lowest BCUT2D eigenvalue weighted by Gasteiger charge is -2.38. The van der Waals surface area contributed by atoms with E-state index in [-0.39, 0.29) is 11.9 Å². The van der Waals surface area contributed by atoms with Crippen molar-refractivity contribution in [1.29, 1.82) is 0 Å². The fourth-order valence-electron chi connectivity index (χ4n) is 2.98. The number of carbonyl (C=O) groups is 1. The van der Waals surface area contributed by atoms with E-state index < -0.39 is 0 Å². The van der Waals surface area contributed by atoms with Gasteiger partial charge in [-0.2, -0.15) is 5.10 Å². The SMILES string of the molecule is C=CC(=O)N1CC(n2nc(-c3ccc(Cl)cc3)c3c(N)ncnc32)C1. The highest BCUT2D eigenvalue weighted by atomic mass is 35.5. The monoisotopic (exact) mass is 354 g/mol. The van der Waals surface area contributed by atoms with Crippen molar-refractivity contribution < 1.29 is 4.79 Å². The van der Waals surface area contributed by atoms with E-state index in [0.29, 0.717) is 40.7 Å². The van der Waals surface area contributed by atoms with Crippen LogP contribution in [0.1, 0.15) is 6.04 Å². The van der Waals surface area contributed by atoms with E-state index in [9.17, 15) is 4.79 Å². The van der Waals surface area contributed by atoms with Gasteiger partial charge in [-0.25, -0.2) is 14.6 Å². The molecule has 1 aromatic carbocycles. The van der Waals surface area contributed by atoms with E-state index in [1.807, 2.05) is 16.8 Å². The Hall–Kier alpha value is -2.93. The molecule has 0 saturated carbocycles. The van der Waals surface area contributed by atoms with Crippen LogP contribution in [-0.2, 0) is 4.79 Å². The molecule has 3 heterocycles. The third kappa shape index (κ3) is 2.53. The zero-order valence-electron chi connectivity index (χ0n) is 13.3. The lowest BCUT2D eigenvalue weighted by atomic mass is 10.1. The van der Waals surface area contributed by atoms with E-state index in [1.54, 1.807) is 17.0 Å². The molecule has 8 heteroatoms. The van der Waals surface area contributed by atoms with Crippen LogP contribution in [0.3, 0.4) is 0 Å². The number of rotatable bonds is 3. The Kier molecular flexibility index (Phi) is 3.65. The Morgan fingerprint density at radius 1 is 1.28 bits per heavy atom. The number of nitrogen functional groups attached to an aromatic ring is 1. The largest absolute Gasteiger partial charge is 0.383 e. The van der Waals surface area contributed by atoms with E-state index in [4.69, 9.17) is 22.4 Å². The summed E-state index contributed by atoms with van der Waals surface area (Å²) < 4.78 is 1.82. The van der Waals surface area contributed by atoms with E-state index in [2.05, 4.69) is 16.5 Å². The van der Waals surface area contributed by atoms with Gasteiger partial charge in [0.1, 0.15) is 17.8 Å². The Bertz CT molecular complexity index is 975. The van der Waals surface area contributed by atoms with Gasteiger partial charge in [-0.05, 0) is 18.2 Å². The van der Waals surface area contributed by atoms with Crippen molar-refractivity contribution in [2.45, 2.75) is 6.04 Å². The summed E-state index contributed by atoms with van der Waals surface area (Å²) in [7, 11) is 0. The molecule has 0 unspecified atom stereocenters. The molecule has 1 fully saturated rings. The van der Waals surface area contributed by atoms with Crippen molar-refractivity contribution in [3.63, 3.8) is 0 Å². The third-order valence-electron chi connectivity index (χ3n) is 4.33. The van der Waals surface area contributed by atoms with Crippen molar-refractivity contribution in [1.82, 2.24) is 24.6 Å². The van der Waals surface area contributed by atoms with Gasteiger partial charge in [0, 0.05) is 23.7 Å². The molecule has 0 bridgehead atoms. The van der Waals surface area contributed by atoms with Crippen LogP contribution < -0.4 is 5.73 Å². The number of fused-ring (bicyclic) bond motifs is 1. The number of hydrogen-bond donors (Lipinski definition) is 1. The number of hydrogen-bond acceptors (Lipinski definition) is 5. The fraction of sp³-hybridized carbons (Fsp3) is 0.176. The van der Waals surface area contributed by atoms with E-state index in [1.165, 1.54) is 12.4 Å². The van der Waals surface area contributed by atoms with Crippen LogP contribution in [0.4, 0.5) is 5.82 Å². The van der Waals surface area contributed by atoms with Gasteiger partial charge in [-0.15, -0.1) is 0 Å². The zero-order chi connectivity index (χ0) is 17.6. The quantitative estimate of drug-likeness (QED) is 0.729. The first-order chi connectivity index (χ1) is 12.1. The summed E-state index contributed by atoms with van der Waals surface area (Å²) in [6, 6.07) is 7.41. The number of nitrogens with two attached hydrogens (primary N) is 1. The second-order valence-corrected chi connectivity index (χ2v) is 6.30. The lowest BCUT2D eigenvalue weighted by Crippen LogP contribution is -2.50. The standard InChI is InChI=1S/C17H15ClN6O/c1-2-13(25)23-7-12(8-23)24-17-14(16(19)20-9-21-17)15(22-24)10-3-5-11(18)6-4-10/h2-6,9,12H,1,7-8H2,(H2,19,20,21). The van der Waals surface area contributed by atoms with Crippen LogP contribution >= 0.6 is 11.6 Å². The summed E-state index contributed by atoms with van der Waals surface area (Å²) in [5, 5.41) is 6.07. The third-order valence-corrected chi connectivity index (χ3v) is 4.58. The average Bonchev–Trinajstić information content (AvgIpc) is 2.95. The highest BCUT2D eigenvalue weighted by Gasteiger charge is 2.33. The number of halogens is 1. The first kappa shape index (κ1) is 15.6. The minimum absolute atomic E-state index is 0.0433. The Balaban J connectivity index is 1.79. The average molecular weight is 355 g/mol.